The highest BCUT2D eigenvalue weighted by atomic mass is 32.2. The lowest BCUT2D eigenvalue weighted by Crippen LogP contribution is -2.30. The van der Waals surface area contributed by atoms with Crippen LogP contribution in [-0.4, -0.2) is 52.3 Å². The van der Waals surface area contributed by atoms with Crippen molar-refractivity contribution in [3.05, 3.63) is 12.2 Å². The molecule has 5 nitrogen and oxygen atoms in total. The zero-order valence-corrected chi connectivity index (χ0v) is 19.5. The quantitative estimate of drug-likeness (QED) is 0.224. The summed E-state index contributed by atoms with van der Waals surface area (Å²) in [4.78, 5) is 23.5. The first-order valence-electron chi connectivity index (χ1n) is 11.7. The second-order valence-electron chi connectivity index (χ2n) is 9.01. The van der Waals surface area contributed by atoms with Gasteiger partial charge in [0.15, 0.2) is 0 Å². The van der Waals surface area contributed by atoms with Crippen molar-refractivity contribution < 1.29 is 24.5 Å². The van der Waals surface area contributed by atoms with Gasteiger partial charge < -0.3 is 14.9 Å². The third-order valence-corrected chi connectivity index (χ3v) is 7.63. The summed E-state index contributed by atoms with van der Waals surface area (Å²) in [5, 5.41) is 21.5. The van der Waals surface area contributed by atoms with E-state index in [1.165, 1.54) is 7.11 Å². The number of ether oxygens (including phenoxy) is 1. The van der Waals surface area contributed by atoms with Gasteiger partial charge in [0.2, 0.25) is 0 Å². The first-order chi connectivity index (χ1) is 14.4. The Morgan fingerprint density at radius 2 is 2.03 bits per heavy atom. The highest BCUT2D eigenvalue weighted by Gasteiger charge is 2.43. The van der Waals surface area contributed by atoms with E-state index in [0.717, 1.165) is 63.5 Å². The number of hydrogen-bond acceptors (Lipinski definition) is 6. The highest BCUT2D eigenvalue weighted by molar-refractivity contribution is 7.99. The summed E-state index contributed by atoms with van der Waals surface area (Å²) in [5.74, 6) is 1.32. The molecule has 2 rings (SSSR count). The van der Waals surface area contributed by atoms with E-state index in [0.29, 0.717) is 18.1 Å². The molecule has 6 heteroatoms. The number of thioether (sulfide) groups is 1. The maximum atomic E-state index is 12.4. The molecule has 0 radical (unpaired) electrons. The van der Waals surface area contributed by atoms with Crippen LogP contribution >= 0.6 is 11.8 Å². The Kier molecular flexibility index (Phi) is 10.9. The molecule has 4 atom stereocenters. The normalized spacial score (nSPS) is 26.3. The second-order valence-corrected chi connectivity index (χ2v) is 10.1. The maximum Gasteiger partial charge on any atom is 0.315 e. The van der Waals surface area contributed by atoms with Crippen LogP contribution in [0.25, 0.3) is 0 Å². The predicted molar refractivity (Wildman–Crippen MR) is 121 cm³/mol. The summed E-state index contributed by atoms with van der Waals surface area (Å²) in [5.41, 5.74) is -0.619. The number of hydrogen-bond donors (Lipinski definition) is 2. The summed E-state index contributed by atoms with van der Waals surface area (Å²) in [6.45, 7) is 2.17. The third kappa shape index (κ3) is 8.01. The molecule has 0 bridgehead atoms. The molecule has 0 spiro atoms. The van der Waals surface area contributed by atoms with Crippen LogP contribution in [0.1, 0.15) is 77.6 Å². The summed E-state index contributed by atoms with van der Waals surface area (Å²) in [7, 11) is 1.39. The van der Waals surface area contributed by atoms with Crippen molar-refractivity contribution >= 4 is 23.5 Å². The molecular formula is C24H40O5S. The van der Waals surface area contributed by atoms with Crippen LogP contribution in [0.3, 0.4) is 0 Å². The molecule has 0 aromatic rings. The van der Waals surface area contributed by atoms with E-state index in [4.69, 9.17) is 0 Å². The molecular weight excluding hydrogens is 400 g/mol. The first kappa shape index (κ1) is 25.4. The Balaban J connectivity index is 1.80. The van der Waals surface area contributed by atoms with Crippen LogP contribution in [0.4, 0.5) is 0 Å². The minimum atomic E-state index is -0.619. The molecule has 0 aromatic carbocycles. The highest BCUT2D eigenvalue weighted by Crippen LogP contribution is 2.45. The number of aliphatic hydroxyl groups excluding tert-OH is 1. The molecule has 172 valence electrons. The molecule has 2 fully saturated rings. The molecule has 0 amide bonds. The molecule has 2 N–H and O–H groups in total. The molecule has 2 aliphatic carbocycles. The minimum absolute atomic E-state index is 0.129. The fourth-order valence-electron chi connectivity index (χ4n) is 4.58. The number of aliphatic hydroxyl groups is 2. The number of unbranched alkanes of at least 4 members (excludes halogenated alkanes) is 3. The van der Waals surface area contributed by atoms with Crippen LogP contribution in [0.5, 0.6) is 0 Å². The molecule has 0 aromatic heterocycles. The Morgan fingerprint density at radius 1 is 1.27 bits per heavy atom. The lowest BCUT2D eigenvalue weighted by Gasteiger charge is -2.27. The Bertz CT molecular complexity index is 574. The Morgan fingerprint density at radius 3 is 2.70 bits per heavy atom. The van der Waals surface area contributed by atoms with Gasteiger partial charge in [0, 0.05) is 18.3 Å². The largest absolute Gasteiger partial charge is 0.468 e. The van der Waals surface area contributed by atoms with E-state index < -0.39 is 11.7 Å². The van der Waals surface area contributed by atoms with Gasteiger partial charge in [-0.05, 0) is 50.2 Å². The predicted octanol–water partition coefficient (Wildman–Crippen LogP) is 4.30. The van der Waals surface area contributed by atoms with E-state index in [9.17, 15) is 19.8 Å². The van der Waals surface area contributed by atoms with Crippen molar-refractivity contribution in [3.63, 3.8) is 0 Å². The molecule has 2 saturated carbocycles. The van der Waals surface area contributed by atoms with Crippen molar-refractivity contribution in [1.82, 2.24) is 0 Å². The van der Waals surface area contributed by atoms with E-state index >= 15 is 0 Å². The summed E-state index contributed by atoms with van der Waals surface area (Å²) < 4.78 is 4.63. The van der Waals surface area contributed by atoms with Crippen LogP contribution < -0.4 is 0 Å². The fourth-order valence-corrected chi connectivity index (χ4v) is 5.42. The summed E-state index contributed by atoms with van der Waals surface area (Å²) >= 11 is 1.55. The van der Waals surface area contributed by atoms with Gasteiger partial charge in [0.1, 0.15) is 5.78 Å². The lowest BCUT2D eigenvalue weighted by atomic mass is 9.85. The third-order valence-electron chi connectivity index (χ3n) is 6.61. The van der Waals surface area contributed by atoms with Crippen molar-refractivity contribution in [2.75, 3.05) is 18.6 Å². The monoisotopic (exact) mass is 440 g/mol. The SMILES string of the molecule is CCCCCC(O)(CC=C[C@H]1[C@H](O)CC(=O)[C@@H]1CCCCSCC(=O)OC)C1CC1. The van der Waals surface area contributed by atoms with Crippen LogP contribution in [0, 0.1) is 17.8 Å². The van der Waals surface area contributed by atoms with E-state index in [2.05, 4.69) is 11.7 Å². The molecule has 30 heavy (non-hydrogen) atoms. The number of carbonyl (C=O) groups is 2. The molecule has 2 aliphatic rings. The standard InChI is InChI=1S/C24H40O5S/c1-3-4-6-13-24(28,18-11-12-18)14-8-10-20-19(21(25)16-22(20)26)9-5-7-15-30-17-23(27)29-2/h8,10,18-20,22,26,28H,3-7,9,11-17H2,1-2H3/t19-,20-,22-,24?/m1/s1. The summed E-state index contributed by atoms with van der Waals surface area (Å²) in [6, 6.07) is 0. The van der Waals surface area contributed by atoms with E-state index in [1.807, 2.05) is 12.2 Å². The van der Waals surface area contributed by atoms with Gasteiger partial charge in [-0.1, -0.05) is 44.8 Å². The average molecular weight is 441 g/mol. The Labute approximate surface area is 186 Å². The number of methoxy groups -OCH3 is 1. The van der Waals surface area contributed by atoms with Crippen LogP contribution in [-0.2, 0) is 14.3 Å². The Hall–Kier alpha value is -0.850. The van der Waals surface area contributed by atoms with Gasteiger partial charge in [-0.2, -0.15) is 11.8 Å². The van der Waals surface area contributed by atoms with Gasteiger partial charge >= 0.3 is 5.97 Å². The molecule has 1 unspecified atom stereocenters. The maximum absolute atomic E-state index is 12.4. The second kappa shape index (κ2) is 12.9. The topological polar surface area (TPSA) is 83.8 Å². The summed E-state index contributed by atoms with van der Waals surface area (Å²) in [6.07, 6.45) is 13.3. The minimum Gasteiger partial charge on any atom is -0.468 e. The molecule has 0 saturated heterocycles. The lowest BCUT2D eigenvalue weighted by molar-refractivity contribution is -0.137. The van der Waals surface area contributed by atoms with E-state index in [-0.39, 0.29) is 30.0 Å². The smallest absolute Gasteiger partial charge is 0.315 e. The molecule has 0 heterocycles. The number of rotatable bonds is 15. The zero-order valence-electron chi connectivity index (χ0n) is 18.7. The van der Waals surface area contributed by atoms with Crippen LogP contribution in [0.2, 0.25) is 0 Å². The van der Waals surface area contributed by atoms with Crippen molar-refractivity contribution in [3.8, 4) is 0 Å². The van der Waals surface area contributed by atoms with Crippen LogP contribution in [0.15, 0.2) is 12.2 Å². The van der Waals surface area contributed by atoms with Gasteiger partial charge in [-0.25, -0.2) is 0 Å². The number of carbonyl (C=O) groups excluding carboxylic acids is 2. The average Bonchev–Trinajstić information content (AvgIpc) is 3.53. The number of Topliss-reactive ketones (excluding diaryl/α,β-unsaturated/α-hetero) is 1. The van der Waals surface area contributed by atoms with Gasteiger partial charge in [-0.3, -0.25) is 9.59 Å². The van der Waals surface area contributed by atoms with Crippen molar-refractivity contribution in [2.24, 2.45) is 17.8 Å². The van der Waals surface area contributed by atoms with Gasteiger partial charge in [-0.15, -0.1) is 0 Å². The van der Waals surface area contributed by atoms with Crippen molar-refractivity contribution in [1.29, 1.82) is 0 Å². The number of esters is 1. The molecule has 0 aliphatic heterocycles. The fraction of sp³-hybridized carbons (Fsp3) is 0.833. The number of ketones is 1. The van der Waals surface area contributed by atoms with Crippen molar-refractivity contribution in [2.45, 2.75) is 89.3 Å². The first-order valence-corrected chi connectivity index (χ1v) is 12.8. The van der Waals surface area contributed by atoms with E-state index in [1.54, 1.807) is 11.8 Å². The van der Waals surface area contributed by atoms with Gasteiger partial charge in [0.05, 0.1) is 24.6 Å². The van der Waals surface area contributed by atoms with Gasteiger partial charge in [0.25, 0.3) is 0 Å². The zero-order chi connectivity index (χ0) is 22.0.